The quantitative estimate of drug-likeness (QED) is 0.333. The summed E-state index contributed by atoms with van der Waals surface area (Å²) in [4.78, 5) is 9.23. The van der Waals surface area contributed by atoms with Gasteiger partial charge in [0.2, 0.25) is 0 Å². The Hall–Kier alpha value is -3.25. The lowest BCUT2D eigenvalue weighted by atomic mass is 9.82. The number of urea groups is 1. The Morgan fingerprint density at radius 2 is 1.52 bits per heavy atom. The third-order valence-corrected chi connectivity index (χ3v) is 3.54. The number of hydrogen-bond acceptors (Lipinski definition) is 4. The van der Waals surface area contributed by atoms with Crippen molar-refractivity contribution in [3.05, 3.63) is 78.4 Å². The van der Waals surface area contributed by atoms with Crippen LogP contribution in [0.25, 0.3) is 6.08 Å². The number of hydrogen-bond donors (Lipinski definition) is 5. The van der Waals surface area contributed by atoms with Crippen molar-refractivity contribution < 1.29 is 20.2 Å². The number of phenols is 2. The van der Waals surface area contributed by atoms with Gasteiger partial charge < -0.3 is 15.9 Å². The summed E-state index contributed by atoms with van der Waals surface area (Å²) in [6.07, 6.45) is 5.92. The van der Waals surface area contributed by atoms with Crippen LogP contribution in [0.5, 0.6) is 11.5 Å². The predicted octanol–water partition coefficient (Wildman–Crippen LogP) is 3.30. The number of aromatic hydroxyl groups is 2. The van der Waals surface area contributed by atoms with Gasteiger partial charge in [0.25, 0.3) is 0 Å². The van der Waals surface area contributed by atoms with Gasteiger partial charge in [-0.1, -0.05) is 42.5 Å². The number of nitrogens with two attached hydrogens (primary N) is 1. The lowest BCUT2D eigenvalue weighted by molar-refractivity contribution is 0.169. The van der Waals surface area contributed by atoms with Crippen LogP contribution in [0.1, 0.15) is 18.1 Å². The lowest BCUT2D eigenvalue weighted by Gasteiger charge is -2.22. The van der Waals surface area contributed by atoms with E-state index in [1.165, 1.54) is 5.48 Å². The van der Waals surface area contributed by atoms with E-state index in [9.17, 15) is 15.0 Å². The van der Waals surface area contributed by atoms with Crippen LogP contribution >= 0.6 is 0 Å². The van der Waals surface area contributed by atoms with E-state index in [0.29, 0.717) is 0 Å². The second kappa shape index (κ2) is 9.14. The van der Waals surface area contributed by atoms with Crippen LogP contribution in [0, 0.1) is 0 Å². The third kappa shape index (κ3) is 6.40. The van der Waals surface area contributed by atoms with Crippen molar-refractivity contribution in [3.63, 3.8) is 0 Å². The fraction of sp³-hybridized carbons (Fsp3) is 0.105. The smallest absolute Gasteiger partial charge is 0.335 e. The highest BCUT2D eigenvalue weighted by Crippen LogP contribution is 2.29. The zero-order valence-electron chi connectivity index (χ0n) is 13.9. The minimum absolute atomic E-state index is 0.252. The van der Waals surface area contributed by atoms with E-state index in [-0.39, 0.29) is 16.9 Å². The molecule has 0 spiro atoms. The molecule has 0 saturated heterocycles. The number of allylic oxidation sites excluding steroid dienone is 2. The van der Waals surface area contributed by atoms with Crippen LogP contribution in [0.2, 0.25) is 0 Å². The molecule has 0 heterocycles. The van der Waals surface area contributed by atoms with E-state index in [2.05, 4.69) is 25.3 Å². The first-order chi connectivity index (χ1) is 11.8. The normalized spacial score (nSPS) is 12.6. The molecule has 2 rings (SSSR count). The van der Waals surface area contributed by atoms with Gasteiger partial charge >= 0.3 is 6.03 Å². The molecule has 25 heavy (non-hydrogen) atoms. The maximum absolute atomic E-state index is 9.36. The lowest BCUT2D eigenvalue weighted by Crippen LogP contribution is -2.25. The van der Waals surface area contributed by atoms with Gasteiger partial charge in [-0.2, -0.15) is 0 Å². The van der Waals surface area contributed by atoms with Crippen molar-refractivity contribution in [2.75, 3.05) is 0 Å². The standard InChI is InChI=1S/C18H18O2.CH4N2O2/c1-3-18(2,15-6-10-17(20)11-7-15)13-12-14-4-8-16(19)9-5-14;2-1(4)3-5/h3-13,19-20H,1H2,2H3;5H,(H3,2,3,4)/b13-12-;. The largest absolute Gasteiger partial charge is 0.508 e. The van der Waals surface area contributed by atoms with E-state index in [0.717, 1.165) is 11.1 Å². The third-order valence-electron chi connectivity index (χ3n) is 3.54. The molecular weight excluding hydrogens is 320 g/mol. The molecule has 0 aliphatic rings. The monoisotopic (exact) mass is 342 g/mol. The number of phenolic OH excluding ortho intramolecular Hbond substituents is 2. The van der Waals surface area contributed by atoms with Crippen LogP contribution in [-0.4, -0.2) is 21.5 Å². The first-order valence-corrected chi connectivity index (χ1v) is 7.41. The highest BCUT2D eigenvalue weighted by atomic mass is 16.5. The number of amides is 2. The summed E-state index contributed by atoms with van der Waals surface area (Å²) in [6.45, 7) is 5.96. The van der Waals surface area contributed by atoms with E-state index in [1.54, 1.807) is 24.3 Å². The molecule has 6 heteroatoms. The van der Waals surface area contributed by atoms with Gasteiger partial charge in [0, 0.05) is 5.41 Å². The van der Waals surface area contributed by atoms with Crippen LogP contribution in [0.15, 0.2) is 67.3 Å². The highest BCUT2D eigenvalue weighted by Gasteiger charge is 2.18. The summed E-state index contributed by atoms with van der Waals surface area (Å²) in [5.74, 6) is 0.509. The number of primary amides is 1. The van der Waals surface area contributed by atoms with Gasteiger partial charge in [-0.05, 0) is 42.3 Å². The first-order valence-electron chi connectivity index (χ1n) is 7.41. The van der Waals surface area contributed by atoms with Crippen LogP contribution in [0.4, 0.5) is 4.79 Å². The zero-order valence-corrected chi connectivity index (χ0v) is 13.9. The second-order valence-electron chi connectivity index (χ2n) is 5.43. The number of benzene rings is 2. The molecule has 2 amide bonds. The van der Waals surface area contributed by atoms with Gasteiger partial charge in [-0.3, -0.25) is 5.21 Å². The molecule has 2 aromatic rings. The Bertz CT molecular complexity index is 724. The van der Waals surface area contributed by atoms with Crippen LogP contribution < -0.4 is 11.2 Å². The fourth-order valence-corrected chi connectivity index (χ4v) is 1.96. The summed E-state index contributed by atoms with van der Waals surface area (Å²) in [7, 11) is 0. The van der Waals surface area contributed by atoms with Crippen molar-refractivity contribution >= 4 is 12.1 Å². The molecule has 0 radical (unpaired) electrons. The van der Waals surface area contributed by atoms with E-state index in [4.69, 9.17) is 5.21 Å². The van der Waals surface area contributed by atoms with E-state index in [1.807, 2.05) is 36.4 Å². The molecule has 1 unspecified atom stereocenters. The molecule has 0 saturated carbocycles. The van der Waals surface area contributed by atoms with Crippen molar-refractivity contribution in [2.24, 2.45) is 5.73 Å². The Morgan fingerprint density at radius 3 is 1.92 bits per heavy atom. The maximum Gasteiger partial charge on any atom is 0.335 e. The molecule has 0 fully saturated rings. The number of rotatable bonds is 4. The fourth-order valence-electron chi connectivity index (χ4n) is 1.96. The van der Waals surface area contributed by atoms with Crippen molar-refractivity contribution in [1.29, 1.82) is 0 Å². The molecule has 0 aromatic heterocycles. The number of carbonyl (C=O) groups is 1. The average molecular weight is 342 g/mol. The zero-order chi connectivity index (χ0) is 18.9. The van der Waals surface area contributed by atoms with Gasteiger partial charge in [-0.15, -0.1) is 6.58 Å². The SMILES string of the molecule is C=CC(C)(/C=C\c1ccc(O)cc1)c1ccc(O)cc1.NC(=O)NO. The van der Waals surface area contributed by atoms with Gasteiger partial charge in [-0.25, -0.2) is 10.3 Å². The summed E-state index contributed by atoms with van der Waals surface area (Å²) < 4.78 is 0. The highest BCUT2D eigenvalue weighted by molar-refractivity contribution is 5.69. The maximum atomic E-state index is 9.36. The number of hydroxylamine groups is 1. The molecule has 0 aliphatic heterocycles. The number of nitrogens with one attached hydrogen (secondary N) is 1. The van der Waals surface area contributed by atoms with Crippen molar-refractivity contribution in [3.8, 4) is 11.5 Å². The summed E-state index contributed by atoms with van der Waals surface area (Å²) >= 11 is 0. The topological polar surface area (TPSA) is 116 Å². The van der Waals surface area contributed by atoms with Crippen LogP contribution in [-0.2, 0) is 5.41 Å². The summed E-state index contributed by atoms with van der Waals surface area (Å²) in [6, 6.07) is 13.2. The van der Waals surface area contributed by atoms with Gasteiger partial charge in [0.05, 0.1) is 0 Å². The van der Waals surface area contributed by atoms with E-state index < -0.39 is 6.03 Å². The van der Waals surface area contributed by atoms with Crippen LogP contribution in [0.3, 0.4) is 0 Å². The number of carbonyl (C=O) groups excluding carboxylic acids is 1. The molecule has 132 valence electrons. The predicted molar refractivity (Wildman–Crippen MR) is 97.3 cm³/mol. The molecule has 2 aromatic carbocycles. The Kier molecular flexibility index (Phi) is 7.24. The van der Waals surface area contributed by atoms with E-state index >= 15 is 0 Å². The molecular formula is C19H22N2O4. The molecule has 0 aliphatic carbocycles. The average Bonchev–Trinajstić information content (AvgIpc) is 2.62. The molecule has 1 atom stereocenters. The van der Waals surface area contributed by atoms with Crippen molar-refractivity contribution in [1.82, 2.24) is 5.48 Å². The molecule has 6 nitrogen and oxygen atoms in total. The summed E-state index contributed by atoms with van der Waals surface area (Å²) in [5, 5.41) is 26.1. The Morgan fingerprint density at radius 1 is 1.08 bits per heavy atom. The first kappa shape index (κ1) is 19.8. The van der Waals surface area contributed by atoms with Crippen molar-refractivity contribution in [2.45, 2.75) is 12.3 Å². The molecule has 6 N–H and O–H groups in total. The molecule has 0 bridgehead atoms. The minimum Gasteiger partial charge on any atom is -0.508 e. The minimum atomic E-state index is -0.940. The van der Waals surface area contributed by atoms with Gasteiger partial charge in [0.15, 0.2) is 0 Å². The Balaban J connectivity index is 0.000000550. The Labute approximate surface area is 146 Å². The van der Waals surface area contributed by atoms with Gasteiger partial charge in [0.1, 0.15) is 11.5 Å². The second-order valence-corrected chi connectivity index (χ2v) is 5.43. The summed E-state index contributed by atoms with van der Waals surface area (Å²) in [5.41, 5.74) is 7.21.